The van der Waals surface area contributed by atoms with Gasteiger partial charge in [-0.3, -0.25) is 24.3 Å². The maximum absolute atomic E-state index is 12.9. The van der Waals surface area contributed by atoms with Gasteiger partial charge in [-0.15, -0.1) is 0 Å². The molecule has 0 spiro atoms. The number of aromatic amines is 1. The van der Waals surface area contributed by atoms with Gasteiger partial charge in [0.25, 0.3) is 0 Å². The van der Waals surface area contributed by atoms with Gasteiger partial charge in [0, 0.05) is 93.6 Å². The highest BCUT2D eigenvalue weighted by molar-refractivity contribution is 5.94. The predicted octanol–water partition coefficient (Wildman–Crippen LogP) is 6.30. The Kier molecular flexibility index (Phi) is 13.0. The zero-order valence-corrected chi connectivity index (χ0v) is 37.6. The monoisotopic (exact) mass is 866 g/mol. The van der Waals surface area contributed by atoms with Gasteiger partial charge >= 0.3 is 11.8 Å². The summed E-state index contributed by atoms with van der Waals surface area (Å²) in [5, 5.41) is 10.5. The SMILES string of the molecule is CNC(=O)CCN(C=O)c1ccc(N2CCC(CN3CCN(c4ccc(-c5cc6c(-c7ccc(C(C)NC(=O)c8nc(C(C)(C)C)no8)c(C)c7)ncnc6[nH]5)nc4)CC3)CC2)cc1. The number of anilines is 3. The van der Waals surface area contributed by atoms with Gasteiger partial charge in [0.1, 0.15) is 12.0 Å². The molecular formula is C48H58N12O4. The summed E-state index contributed by atoms with van der Waals surface area (Å²) in [7, 11) is 1.60. The molecule has 0 bridgehead atoms. The van der Waals surface area contributed by atoms with Crippen molar-refractivity contribution >= 4 is 46.3 Å². The molecule has 16 heteroatoms. The number of hydrogen-bond donors (Lipinski definition) is 3. The van der Waals surface area contributed by atoms with Crippen molar-refractivity contribution in [2.75, 3.05) is 74.1 Å². The Morgan fingerprint density at radius 1 is 0.938 bits per heavy atom. The van der Waals surface area contributed by atoms with E-state index in [1.165, 1.54) is 5.69 Å². The quantitative estimate of drug-likeness (QED) is 0.104. The number of carbonyl (C=O) groups excluding carboxylic acids is 3. The molecule has 3 amide bonds. The molecule has 2 saturated heterocycles. The number of carbonyl (C=O) groups is 3. The highest BCUT2D eigenvalue weighted by Crippen LogP contribution is 2.33. The summed E-state index contributed by atoms with van der Waals surface area (Å²) in [5.74, 6) is 0.600. The lowest BCUT2D eigenvalue weighted by Gasteiger charge is -2.40. The van der Waals surface area contributed by atoms with Crippen LogP contribution in [0.25, 0.3) is 33.7 Å². The molecule has 4 aromatic heterocycles. The number of benzene rings is 2. The molecule has 2 aromatic carbocycles. The molecule has 8 rings (SSSR count). The van der Waals surface area contributed by atoms with Crippen molar-refractivity contribution in [2.24, 2.45) is 5.92 Å². The minimum atomic E-state index is -0.412. The summed E-state index contributed by atoms with van der Waals surface area (Å²) in [6, 6.07) is 20.2. The largest absolute Gasteiger partial charge is 0.372 e. The molecule has 1 unspecified atom stereocenters. The Morgan fingerprint density at radius 2 is 1.67 bits per heavy atom. The minimum absolute atomic E-state index is 0.0511. The zero-order valence-electron chi connectivity index (χ0n) is 37.6. The van der Waals surface area contributed by atoms with E-state index in [0.717, 1.165) is 121 Å². The van der Waals surface area contributed by atoms with E-state index < -0.39 is 5.91 Å². The van der Waals surface area contributed by atoms with E-state index in [1.54, 1.807) is 18.3 Å². The van der Waals surface area contributed by atoms with E-state index in [9.17, 15) is 14.4 Å². The third-order valence-electron chi connectivity index (χ3n) is 12.5. The molecule has 2 aliphatic rings. The number of rotatable bonds is 14. The fourth-order valence-corrected chi connectivity index (χ4v) is 8.68. The van der Waals surface area contributed by atoms with Gasteiger partial charge in [-0.25, -0.2) is 9.97 Å². The molecule has 0 saturated carbocycles. The first kappa shape index (κ1) is 43.9. The van der Waals surface area contributed by atoms with E-state index in [4.69, 9.17) is 9.51 Å². The molecule has 0 radical (unpaired) electrons. The van der Waals surface area contributed by atoms with Crippen LogP contribution in [0, 0.1) is 12.8 Å². The van der Waals surface area contributed by atoms with Gasteiger partial charge in [-0.2, -0.15) is 4.98 Å². The number of nitrogens with one attached hydrogen (secondary N) is 3. The molecule has 16 nitrogen and oxygen atoms in total. The van der Waals surface area contributed by atoms with Crippen molar-refractivity contribution in [3.63, 3.8) is 0 Å². The smallest absolute Gasteiger partial charge is 0.315 e. The predicted molar refractivity (Wildman–Crippen MR) is 248 cm³/mol. The van der Waals surface area contributed by atoms with Gasteiger partial charge in [0.2, 0.25) is 12.3 Å². The maximum Gasteiger partial charge on any atom is 0.315 e. The summed E-state index contributed by atoms with van der Waals surface area (Å²) in [6.45, 7) is 17.3. The Bertz CT molecular complexity index is 2570. The van der Waals surface area contributed by atoms with Crippen LogP contribution in [0.4, 0.5) is 17.1 Å². The van der Waals surface area contributed by atoms with Crippen LogP contribution >= 0.6 is 0 Å². The second kappa shape index (κ2) is 19.0. The molecule has 6 heterocycles. The number of piperidine rings is 1. The van der Waals surface area contributed by atoms with Crippen molar-refractivity contribution in [3.8, 4) is 22.6 Å². The summed E-state index contributed by atoms with van der Waals surface area (Å²) in [6.07, 6.45) is 6.90. The van der Waals surface area contributed by atoms with Crippen molar-refractivity contribution in [2.45, 2.75) is 65.3 Å². The first-order chi connectivity index (χ1) is 30.9. The van der Waals surface area contributed by atoms with Crippen molar-refractivity contribution in [3.05, 3.63) is 96.0 Å². The van der Waals surface area contributed by atoms with Gasteiger partial charge in [0.15, 0.2) is 5.82 Å². The number of aryl methyl sites for hydroxylation is 1. The van der Waals surface area contributed by atoms with E-state index in [-0.39, 0.29) is 29.7 Å². The van der Waals surface area contributed by atoms with Crippen LogP contribution in [-0.4, -0.2) is 113 Å². The highest BCUT2D eigenvalue weighted by atomic mass is 16.5. The van der Waals surface area contributed by atoms with Crippen LogP contribution in [0.15, 0.2) is 77.7 Å². The van der Waals surface area contributed by atoms with E-state index in [0.29, 0.717) is 18.3 Å². The van der Waals surface area contributed by atoms with Crippen LogP contribution in [-0.2, 0) is 15.0 Å². The van der Waals surface area contributed by atoms with Crippen LogP contribution in [0.2, 0.25) is 0 Å². The number of aromatic nitrogens is 6. The second-order valence-electron chi connectivity index (χ2n) is 18.0. The minimum Gasteiger partial charge on any atom is -0.372 e. The van der Waals surface area contributed by atoms with E-state index in [2.05, 4.69) is 86.8 Å². The van der Waals surface area contributed by atoms with Crippen LogP contribution in [0.1, 0.15) is 80.6 Å². The molecule has 64 heavy (non-hydrogen) atoms. The molecule has 1 atom stereocenters. The molecular weight excluding hydrogens is 809 g/mol. The lowest BCUT2D eigenvalue weighted by atomic mass is 9.95. The molecule has 3 N–H and O–H groups in total. The second-order valence-corrected chi connectivity index (χ2v) is 18.0. The Morgan fingerprint density at radius 3 is 2.33 bits per heavy atom. The molecule has 2 fully saturated rings. The summed E-state index contributed by atoms with van der Waals surface area (Å²) in [5.41, 5.74) is 8.94. The van der Waals surface area contributed by atoms with Crippen molar-refractivity contribution in [1.29, 1.82) is 0 Å². The summed E-state index contributed by atoms with van der Waals surface area (Å²) < 4.78 is 5.25. The Balaban J connectivity index is 0.824. The van der Waals surface area contributed by atoms with Gasteiger partial charge < -0.3 is 34.8 Å². The normalized spacial score (nSPS) is 15.6. The average molecular weight is 867 g/mol. The zero-order chi connectivity index (χ0) is 45.0. The van der Waals surface area contributed by atoms with Gasteiger partial charge in [-0.05, 0) is 92.3 Å². The molecule has 2 aliphatic heterocycles. The van der Waals surface area contributed by atoms with Crippen LogP contribution in [0.5, 0.6) is 0 Å². The standard InChI is InChI=1S/C48H58N12O4/c1-31-25-34(7-13-38(31)32(2)53-45(63)46-55-47(56-64-46)48(3,4)5)43-39-26-41(54-44(39)52-29-51-43)40-14-12-37(27-50-40)59-23-21-57(22-24-59)28-33-15-18-58(19-16-33)35-8-10-36(11-9-35)60(30-61)20-17-42(62)49-6/h7-14,25-27,29-30,32-33H,15-24,28H2,1-6H3,(H,49,62)(H,53,63)(H,51,52,54). The van der Waals surface area contributed by atoms with E-state index >= 15 is 0 Å². The third kappa shape index (κ3) is 9.91. The van der Waals surface area contributed by atoms with Crippen LogP contribution < -0.4 is 25.3 Å². The first-order valence-corrected chi connectivity index (χ1v) is 22.2. The van der Waals surface area contributed by atoms with Crippen molar-refractivity contribution < 1.29 is 18.9 Å². The number of hydrogen-bond acceptors (Lipinski definition) is 12. The molecule has 334 valence electrons. The molecule has 0 aliphatic carbocycles. The number of H-pyrrole nitrogens is 1. The number of nitrogens with zero attached hydrogens (tertiary/aromatic N) is 9. The van der Waals surface area contributed by atoms with E-state index in [1.807, 2.05) is 65.1 Å². The fourth-order valence-electron chi connectivity index (χ4n) is 8.68. The Hall–Kier alpha value is -6.68. The lowest BCUT2D eigenvalue weighted by molar-refractivity contribution is -0.120. The number of pyridine rings is 1. The molecule has 6 aromatic rings. The van der Waals surface area contributed by atoms with Gasteiger partial charge in [-0.1, -0.05) is 38.1 Å². The lowest BCUT2D eigenvalue weighted by Crippen LogP contribution is -2.49. The number of amides is 3. The topological polar surface area (TPSA) is 182 Å². The number of fused-ring (bicyclic) bond motifs is 1. The summed E-state index contributed by atoms with van der Waals surface area (Å²) in [4.78, 5) is 67.1. The average Bonchev–Trinajstić information content (AvgIpc) is 4.00. The van der Waals surface area contributed by atoms with Crippen LogP contribution in [0.3, 0.4) is 0 Å². The third-order valence-corrected chi connectivity index (χ3v) is 12.5. The number of piperazine rings is 1. The Labute approximate surface area is 373 Å². The first-order valence-electron chi connectivity index (χ1n) is 22.2. The summed E-state index contributed by atoms with van der Waals surface area (Å²) >= 11 is 0. The fraction of sp³-hybridized carbons (Fsp3) is 0.417. The van der Waals surface area contributed by atoms with Gasteiger partial charge in [0.05, 0.1) is 35.0 Å². The maximum atomic E-state index is 12.9. The van der Waals surface area contributed by atoms with Crippen molar-refractivity contribution in [1.82, 2.24) is 45.6 Å². The highest BCUT2D eigenvalue weighted by Gasteiger charge is 2.27.